The fourth-order valence-electron chi connectivity index (χ4n) is 6.76. The van der Waals surface area contributed by atoms with Gasteiger partial charge in [0.15, 0.2) is 0 Å². The number of aryl methyl sites for hydroxylation is 2. The van der Waals surface area contributed by atoms with Crippen LogP contribution in [0.5, 0.6) is 0 Å². The molecule has 0 saturated carbocycles. The number of rotatable bonds is 28. The van der Waals surface area contributed by atoms with E-state index in [4.69, 9.17) is 46.4 Å². The van der Waals surface area contributed by atoms with E-state index >= 15 is 0 Å². The second kappa shape index (κ2) is 28.2. The molecule has 328 valence electrons. The van der Waals surface area contributed by atoms with Gasteiger partial charge in [0.2, 0.25) is 11.8 Å². The largest absolute Gasteiger partial charge is 0.369 e. The zero-order valence-corrected chi connectivity index (χ0v) is 37.7. The molecule has 0 aromatic heterocycles. The van der Waals surface area contributed by atoms with Gasteiger partial charge in [-0.05, 0) is 117 Å². The summed E-state index contributed by atoms with van der Waals surface area (Å²) in [6.45, 7) is 3.89. The Morgan fingerprint density at radius 3 is 1.20 bits per heavy atom. The van der Waals surface area contributed by atoms with Crippen LogP contribution in [-0.2, 0) is 22.4 Å². The minimum atomic E-state index is -0.213. The fraction of sp³-hybridized carbons (Fsp3) is 0.404. The number of unbranched alkanes of at least 4 members (excludes halogenated alkanes) is 2. The van der Waals surface area contributed by atoms with E-state index in [-0.39, 0.29) is 23.6 Å². The van der Waals surface area contributed by atoms with Crippen LogP contribution in [0.25, 0.3) is 0 Å². The summed E-state index contributed by atoms with van der Waals surface area (Å²) >= 11 is 23.7. The van der Waals surface area contributed by atoms with Crippen LogP contribution in [0.2, 0.25) is 0 Å². The van der Waals surface area contributed by atoms with E-state index in [1.165, 1.54) is 0 Å². The van der Waals surface area contributed by atoms with Crippen LogP contribution in [0.3, 0.4) is 0 Å². The van der Waals surface area contributed by atoms with E-state index in [1.807, 2.05) is 0 Å². The van der Waals surface area contributed by atoms with E-state index in [2.05, 4.69) is 79.6 Å². The number of benzene rings is 4. The zero-order chi connectivity index (χ0) is 43.7. The smallest absolute Gasteiger partial charge is 0.251 e. The van der Waals surface area contributed by atoms with E-state index in [0.717, 1.165) is 80.8 Å². The van der Waals surface area contributed by atoms with Crippen LogP contribution >= 0.6 is 46.4 Å². The Kier molecular flexibility index (Phi) is 22.7. The van der Waals surface area contributed by atoms with Crippen molar-refractivity contribution in [3.63, 3.8) is 0 Å². The maximum atomic E-state index is 12.8. The second-order valence-electron chi connectivity index (χ2n) is 14.6. The van der Waals surface area contributed by atoms with Gasteiger partial charge in [0.1, 0.15) is 0 Å². The molecule has 4 aromatic rings. The van der Waals surface area contributed by atoms with Gasteiger partial charge in [-0.2, -0.15) is 0 Å². The average molecular weight is 913 g/mol. The molecule has 0 heterocycles. The summed E-state index contributed by atoms with van der Waals surface area (Å²) < 4.78 is 0. The van der Waals surface area contributed by atoms with Gasteiger partial charge in [0, 0.05) is 110 Å². The van der Waals surface area contributed by atoms with Crippen LogP contribution in [0.1, 0.15) is 76.8 Å². The molecular formula is C47H58Cl4N6O4. The summed E-state index contributed by atoms with van der Waals surface area (Å²) in [6, 6.07) is 30.4. The standard InChI is InChI=1S/C47H58Cl4N6O4/c48-24-30-56(31-25-49)42-20-16-36(17-21-42)8-4-14-44(58)54-40-12-6-10-38(34-40)46(60)52-28-2-1-3-29-53-47(61)39-11-7-13-41(35-39)55-45(59)15-5-9-37-18-22-43(23-19-37)57(32-26-50)33-27-51/h6-7,10-13,16-23,34-35H,1-5,8-9,14-15,24-33H2,(H,52,60)(H,53,61)(H,54,58)(H,55,59). The predicted octanol–water partition coefficient (Wildman–Crippen LogP) is 9.51. The van der Waals surface area contributed by atoms with Crippen molar-refractivity contribution in [3.8, 4) is 0 Å². The topological polar surface area (TPSA) is 123 Å². The summed E-state index contributed by atoms with van der Waals surface area (Å²) in [4.78, 5) is 55.3. The van der Waals surface area contributed by atoms with Gasteiger partial charge in [-0.1, -0.05) is 36.4 Å². The number of carbonyl (C=O) groups excluding carboxylic acids is 4. The molecule has 10 nitrogen and oxygen atoms in total. The monoisotopic (exact) mass is 910 g/mol. The summed E-state index contributed by atoms with van der Waals surface area (Å²) in [7, 11) is 0. The molecule has 0 radical (unpaired) electrons. The van der Waals surface area contributed by atoms with Gasteiger partial charge in [0.25, 0.3) is 11.8 Å². The molecule has 0 aliphatic carbocycles. The van der Waals surface area contributed by atoms with Gasteiger partial charge >= 0.3 is 0 Å². The number of amides is 4. The lowest BCUT2D eigenvalue weighted by molar-refractivity contribution is -0.117. The summed E-state index contributed by atoms with van der Waals surface area (Å²) in [5, 5.41) is 11.7. The first kappa shape index (κ1) is 49.2. The normalized spacial score (nSPS) is 10.8. The van der Waals surface area contributed by atoms with Crippen molar-refractivity contribution in [1.82, 2.24) is 10.6 Å². The summed E-state index contributed by atoms with van der Waals surface area (Å²) in [5.74, 6) is 1.48. The first-order chi connectivity index (χ1) is 29.7. The number of hydrogen-bond donors (Lipinski definition) is 4. The highest BCUT2D eigenvalue weighted by Crippen LogP contribution is 2.20. The number of carbonyl (C=O) groups is 4. The first-order valence-electron chi connectivity index (χ1n) is 21.0. The lowest BCUT2D eigenvalue weighted by Gasteiger charge is -2.23. The van der Waals surface area contributed by atoms with Crippen LogP contribution in [0.4, 0.5) is 22.7 Å². The average Bonchev–Trinajstić information content (AvgIpc) is 3.26. The van der Waals surface area contributed by atoms with E-state index < -0.39 is 0 Å². The van der Waals surface area contributed by atoms with Gasteiger partial charge in [-0.25, -0.2) is 0 Å². The molecule has 14 heteroatoms. The minimum absolute atomic E-state index is 0.105. The Bertz CT molecular complexity index is 1800. The van der Waals surface area contributed by atoms with Crippen molar-refractivity contribution in [2.24, 2.45) is 0 Å². The number of anilines is 4. The van der Waals surface area contributed by atoms with Gasteiger partial charge in [-0.15, -0.1) is 46.4 Å². The van der Waals surface area contributed by atoms with Crippen LogP contribution in [0, 0.1) is 0 Å². The lowest BCUT2D eigenvalue weighted by Crippen LogP contribution is -2.27. The number of alkyl halides is 4. The maximum absolute atomic E-state index is 12.8. The molecule has 0 saturated heterocycles. The van der Waals surface area contributed by atoms with Crippen molar-refractivity contribution in [2.75, 3.05) is 83.2 Å². The molecular weight excluding hydrogens is 854 g/mol. The molecule has 0 spiro atoms. The summed E-state index contributed by atoms with van der Waals surface area (Å²) in [5.41, 5.74) is 6.55. The molecule has 4 N–H and O–H groups in total. The Morgan fingerprint density at radius 2 is 0.836 bits per heavy atom. The number of halogens is 4. The Balaban J connectivity index is 1.07. The maximum Gasteiger partial charge on any atom is 0.251 e. The number of nitrogens with one attached hydrogen (secondary N) is 4. The molecule has 4 aromatic carbocycles. The quantitative estimate of drug-likeness (QED) is 0.0333. The molecule has 4 rings (SSSR count). The fourth-order valence-corrected chi connectivity index (χ4v) is 7.58. The molecule has 0 bridgehead atoms. The highest BCUT2D eigenvalue weighted by molar-refractivity contribution is 6.19. The number of nitrogens with zero attached hydrogens (tertiary/aromatic N) is 2. The Hall–Kier alpha value is -4.48. The van der Waals surface area contributed by atoms with Crippen molar-refractivity contribution < 1.29 is 19.2 Å². The molecule has 0 unspecified atom stereocenters. The zero-order valence-electron chi connectivity index (χ0n) is 34.7. The van der Waals surface area contributed by atoms with E-state index in [1.54, 1.807) is 48.5 Å². The van der Waals surface area contributed by atoms with E-state index in [9.17, 15) is 19.2 Å². The third-order valence-corrected chi connectivity index (χ3v) is 10.7. The van der Waals surface area contributed by atoms with Gasteiger partial charge < -0.3 is 31.1 Å². The Morgan fingerprint density at radius 1 is 0.459 bits per heavy atom. The van der Waals surface area contributed by atoms with Crippen LogP contribution in [0.15, 0.2) is 97.1 Å². The second-order valence-corrected chi connectivity index (χ2v) is 16.1. The Labute approximate surface area is 381 Å². The van der Waals surface area contributed by atoms with Crippen molar-refractivity contribution >= 4 is 92.8 Å². The minimum Gasteiger partial charge on any atom is -0.369 e. The molecule has 61 heavy (non-hydrogen) atoms. The molecule has 0 aliphatic rings. The third-order valence-electron chi connectivity index (χ3n) is 10.0. The molecule has 0 fully saturated rings. The third kappa shape index (κ3) is 18.2. The SMILES string of the molecule is O=C(CCCc1ccc(N(CCCl)CCCl)cc1)Nc1cccc(C(=O)NCCCCCNC(=O)c2cccc(NC(=O)CCCc3ccc(N(CCCl)CCCl)cc3)c2)c1. The van der Waals surface area contributed by atoms with Crippen LogP contribution < -0.4 is 31.1 Å². The van der Waals surface area contributed by atoms with Crippen molar-refractivity contribution in [2.45, 2.75) is 57.8 Å². The highest BCUT2D eigenvalue weighted by atomic mass is 35.5. The first-order valence-corrected chi connectivity index (χ1v) is 23.1. The van der Waals surface area contributed by atoms with Gasteiger partial charge in [-0.3, -0.25) is 19.2 Å². The molecule has 0 atom stereocenters. The number of hydrogen-bond acceptors (Lipinski definition) is 6. The van der Waals surface area contributed by atoms with Gasteiger partial charge in [0.05, 0.1) is 0 Å². The predicted molar refractivity (Wildman–Crippen MR) is 255 cm³/mol. The van der Waals surface area contributed by atoms with Crippen molar-refractivity contribution in [3.05, 3.63) is 119 Å². The lowest BCUT2D eigenvalue weighted by atomic mass is 10.1. The molecule has 4 amide bonds. The molecule has 0 aliphatic heterocycles. The van der Waals surface area contributed by atoms with E-state index in [0.29, 0.717) is 84.8 Å². The highest BCUT2D eigenvalue weighted by Gasteiger charge is 2.12. The summed E-state index contributed by atoms with van der Waals surface area (Å²) in [6.07, 6.45) is 5.95. The van der Waals surface area contributed by atoms with Crippen molar-refractivity contribution in [1.29, 1.82) is 0 Å². The van der Waals surface area contributed by atoms with Crippen LogP contribution in [-0.4, -0.2) is 86.4 Å².